The Hall–Kier alpha value is -2.29. The number of carbonyl (C=O) groups is 1. The Morgan fingerprint density at radius 3 is 2.48 bits per heavy atom. The summed E-state index contributed by atoms with van der Waals surface area (Å²) in [5.74, 6) is -0.330. The molecule has 5 N–H and O–H groups in total. The molecule has 7 nitrogen and oxygen atoms in total. The van der Waals surface area contributed by atoms with Crippen molar-refractivity contribution in [1.29, 1.82) is 0 Å². The first-order chi connectivity index (χ1) is 14.0. The summed E-state index contributed by atoms with van der Waals surface area (Å²) in [7, 11) is 0. The molecule has 4 atom stereocenters. The fourth-order valence-corrected chi connectivity index (χ4v) is 3.33. The maximum atomic E-state index is 12.1. The van der Waals surface area contributed by atoms with E-state index in [0.717, 1.165) is 12.0 Å². The average molecular weight is 400 g/mol. The van der Waals surface area contributed by atoms with Crippen molar-refractivity contribution in [3.8, 4) is 0 Å². The highest BCUT2D eigenvalue weighted by atomic mass is 16.5. The van der Waals surface area contributed by atoms with Crippen LogP contribution in [-0.2, 0) is 11.2 Å². The monoisotopic (exact) mass is 400 g/mol. The van der Waals surface area contributed by atoms with Gasteiger partial charge in [0.2, 0.25) is 0 Å². The van der Waals surface area contributed by atoms with E-state index < -0.39 is 24.0 Å². The zero-order valence-electron chi connectivity index (χ0n) is 16.2. The normalized spacial score (nSPS) is 24.9. The molecule has 0 spiro atoms. The van der Waals surface area contributed by atoms with Gasteiger partial charge in [0, 0.05) is 12.1 Å². The maximum absolute atomic E-state index is 12.1. The highest BCUT2D eigenvalue weighted by Crippen LogP contribution is 2.24. The topological polar surface area (TPSA) is 111 Å². The predicted molar refractivity (Wildman–Crippen MR) is 108 cm³/mol. The molecule has 0 bridgehead atoms. The minimum absolute atomic E-state index is 0.101. The summed E-state index contributed by atoms with van der Waals surface area (Å²) in [6.45, 7) is -0.0449. The lowest BCUT2D eigenvalue weighted by Crippen LogP contribution is -2.53. The summed E-state index contributed by atoms with van der Waals surface area (Å²) in [6.07, 6.45) is -1.38. The molecule has 7 heteroatoms. The number of aryl methyl sites for hydroxylation is 1. The maximum Gasteiger partial charge on any atom is 0.251 e. The Morgan fingerprint density at radius 2 is 1.79 bits per heavy atom. The van der Waals surface area contributed by atoms with Gasteiger partial charge >= 0.3 is 0 Å². The quantitative estimate of drug-likeness (QED) is 0.391. The molecule has 1 amide bonds. The molecule has 156 valence electrons. The standard InChI is InChI=1S/C22H28N2O5/c25-19(12-11-16-7-3-1-4-8-16)23-13-18-20(26)22(28,15-29-18)14-24-21(27)17-9-5-2-6-10-17/h1-10,18-20,23,25-26,28H,11-15H2,(H,24,27)/t18-,19?,20-,22+/m1/s1. The third kappa shape index (κ3) is 5.85. The minimum Gasteiger partial charge on any atom is -0.387 e. The molecule has 2 aromatic carbocycles. The lowest BCUT2D eigenvalue weighted by molar-refractivity contribution is -0.0477. The molecule has 1 aliphatic rings. The van der Waals surface area contributed by atoms with Crippen molar-refractivity contribution in [2.24, 2.45) is 0 Å². The molecule has 2 aromatic rings. The minimum atomic E-state index is -1.58. The van der Waals surface area contributed by atoms with E-state index in [-0.39, 0.29) is 25.6 Å². The van der Waals surface area contributed by atoms with Crippen LogP contribution in [0.2, 0.25) is 0 Å². The van der Waals surface area contributed by atoms with E-state index in [1.807, 2.05) is 36.4 Å². The lowest BCUT2D eigenvalue weighted by Gasteiger charge is -2.27. The Bertz CT molecular complexity index is 773. The van der Waals surface area contributed by atoms with Gasteiger partial charge in [-0.25, -0.2) is 0 Å². The van der Waals surface area contributed by atoms with Crippen molar-refractivity contribution in [3.05, 3.63) is 71.8 Å². The lowest BCUT2D eigenvalue weighted by atomic mass is 9.96. The van der Waals surface area contributed by atoms with Crippen molar-refractivity contribution in [1.82, 2.24) is 10.6 Å². The molecule has 1 fully saturated rings. The fraction of sp³-hybridized carbons (Fsp3) is 0.409. The third-order valence-electron chi connectivity index (χ3n) is 5.15. The van der Waals surface area contributed by atoms with E-state index in [1.54, 1.807) is 24.3 Å². The highest BCUT2D eigenvalue weighted by Gasteiger charge is 2.47. The van der Waals surface area contributed by atoms with Gasteiger partial charge in [-0.05, 0) is 30.5 Å². The molecule has 0 radical (unpaired) electrons. The second-order valence-electron chi connectivity index (χ2n) is 7.39. The van der Waals surface area contributed by atoms with Gasteiger partial charge in [0.05, 0.1) is 19.3 Å². The van der Waals surface area contributed by atoms with E-state index in [2.05, 4.69) is 10.6 Å². The number of carbonyl (C=O) groups excluding carboxylic acids is 1. The van der Waals surface area contributed by atoms with Crippen LogP contribution in [0.5, 0.6) is 0 Å². The summed E-state index contributed by atoms with van der Waals surface area (Å²) in [5, 5.41) is 36.8. The smallest absolute Gasteiger partial charge is 0.251 e. The molecular formula is C22H28N2O5. The molecule has 0 saturated carbocycles. The molecule has 1 aliphatic heterocycles. The Labute approximate surface area is 170 Å². The number of hydrogen-bond donors (Lipinski definition) is 5. The van der Waals surface area contributed by atoms with Gasteiger partial charge in [0.1, 0.15) is 17.9 Å². The summed E-state index contributed by atoms with van der Waals surface area (Å²) in [6, 6.07) is 18.5. The van der Waals surface area contributed by atoms with Crippen molar-refractivity contribution in [3.63, 3.8) is 0 Å². The summed E-state index contributed by atoms with van der Waals surface area (Å²) in [5.41, 5.74) is 0.0319. The van der Waals surface area contributed by atoms with Crippen molar-refractivity contribution < 1.29 is 24.9 Å². The molecule has 29 heavy (non-hydrogen) atoms. The SMILES string of the molecule is O=C(NC[C@]1(O)CO[C@H](CNC(O)CCc2ccccc2)[C@H]1O)c1ccccc1. The van der Waals surface area contributed by atoms with Crippen LogP contribution in [0.3, 0.4) is 0 Å². The second-order valence-corrected chi connectivity index (χ2v) is 7.39. The summed E-state index contributed by atoms with van der Waals surface area (Å²) < 4.78 is 5.51. The zero-order chi connectivity index (χ0) is 20.7. The first kappa shape index (κ1) is 21.4. The molecular weight excluding hydrogens is 372 g/mol. The molecule has 1 unspecified atom stereocenters. The van der Waals surface area contributed by atoms with Crippen molar-refractivity contribution in [2.75, 3.05) is 19.7 Å². The van der Waals surface area contributed by atoms with Crippen LogP contribution >= 0.6 is 0 Å². The number of aliphatic hydroxyl groups is 3. The molecule has 0 aliphatic carbocycles. The van der Waals surface area contributed by atoms with Crippen LogP contribution in [0, 0.1) is 0 Å². The van der Waals surface area contributed by atoms with E-state index >= 15 is 0 Å². The Balaban J connectivity index is 1.42. The van der Waals surface area contributed by atoms with Gasteiger partial charge in [-0.15, -0.1) is 0 Å². The van der Waals surface area contributed by atoms with Crippen LogP contribution in [-0.4, -0.2) is 65.0 Å². The highest BCUT2D eigenvalue weighted by molar-refractivity contribution is 5.94. The third-order valence-corrected chi connectivity index (χ3v) is 5.15. The van der Waals surface area contributed by atoms with Gasteiger partial charge < -0.3 is 25.4 Å². The number of nitrogens with one attached hydrogen (secondary N) is 2. The van der Waals surface area contributed by atoms with Crippen LogP contribution in [0.1, 0.15) is 22.3 Å². The second kappa shape index (κ2) is 9.96. The van der Waals surface area contributed by atoms with Gasteiger partial charge in [-0.3, -0.25) is 10.1 Å². The number of amides is 1. The number of aliphatic hydroxyl groups excluding tert-OH is 2. The summed E-state index contributed by atoms with van der Waals surface area (Å²) in [4.78, 5) is 12.1. The van der Waals surface area contributed by atoms with Gasteiger partial charge in [-0.1, -0.05) is 48.5 Å². The first-order valence-corrected chi connectivity index (χ1v) is 9.78. The van der Waals surface area contributed by atoms with Gasteiger partial charge in [0.25, 0.3) is 5.91 Å². The van der Waals surface area contributed by atoms with Gasteiger partial charge in [0.15, 0.2) is 0 Å². The van der Waals surface area contributed by atoms with E-state index in [4.69, 9.17) is 4.74 Å². The van der Waals surface area contributed by atoms with Crippen LogP contribution in [0.25, 0.3) is 0 Å². The largest absolute Gasteiger partial charge is 0.387 e. The molecule has 0 aromatic heterocycles. The Morgan fingerprint density at radius 1 is 1.14 bits per heavy atom. The van der Waals surface area contributed by atoms with Gasteiger partial charge in [-0.2, -0.15) is 0 Å². The van der Waals surface area contributed by atoms with Crippen LogP contribution in [0.4, 0.5) is 0 Å². The number of benzene rings is 2. The molecule has 3 rings (SSSR count). The number of rotatable bonds is 9. The van der Waals surface area contributed by atoms with Crippen molar-refractivity contribution in [2.45, 2.75) is 36.9 Å². The van der Waals surface area contributed by atoms with E-state index in [9.17, 15) is 20.1 Å². The predicted octanol–water partition coefficient (Wildman–Crippen LogP) is 0.448. The fourth-order valence-electron chi connectivity index (χ4n) is 3.33. The van der Waals surface area contributed by atoms with Crippen molar-refractivity contribution >= 4 is 5.91 Å². The zero-order valence-corrected chi connectivity index (χ0v) is 16.2. The molecule has 1 saturated heterocycles. The Kier molecular flexibility index (Phi) is 7.35. The number of hydrogen-bond acceptors (Lipinski definition) is 6. The van der Waals surface area contributed by atoms with E-state index in [0.29, 0.717) is 12.0 Å². The summed E-state index contributed by atoms with van der Waals surface area (Å²) >= 11 is 0. The molecule has 1 heterocycles. The van der Waals surface area contributed by atoms with Crippen LogP contribution < -0.4 is 10.6 Å². The number of ether oxygens (including phenoxy) is 1. The van der Waals surface area contributed by atoms with Crippen LogP contribution in [0.15, 0.2) is 60.7 Å². The first-order valence-electron chi connectivity index (χ1n) is 9.78. The van der Waals surface area contributed by atoms with E-state index in [1.165, 1.54) is 0 Å². The average Bonchev–Trinajstić information content (AvgIpc) is 3.04.